The fourth-order valence-corrected chi connectivity index (χ4v) is 4.49. The summed E-state index contributed by atoms with van der Waals surface area (Å²) in [4.78, 5) is 24.3. The molecule has 2 heterocycles. The maximum Gasteiger partial charge on any atom is 0.260 e. The van der Waals surface area contributed by atoms with Crippen molar-refractivity contribution in [3.63, 3.8) is 0 Å². The zero-order chi connectivity index (χ0) is 22.0. The Morgan fingerprint density at radius 2 is 1.81 bits per heavy atom. The standard InChI is InChI=1S/C26H27N3OS/c1-5-18-8-13-22-23(15-18)31-25(28-22)29(17-19-7-6-14-27-16-19)24(30)20-9-11-21(12-10-20)26(2,3)4/h6-16H,5,17H2,1-4H3. The van der Waals surface area contributed by atoms with Gasteiger partial charge in [-0.25, -0.2) is 4.98 Å². The van der Waals surface area contributed by atoms with Crippen molar-refractivity contribution in [1.82, 2.24) is 9.97 Å². The lowest BCUT2D eigenvalue weighted by molar-refractivity contribution is 0.0985. The summed E-state index contributed by atoms with van der Waals surface area (Å²) in [5.41, 5.74) is 5.06. The first-order valence-corrected chi connectivity index (χ1v) is 11.4. The number of benzene rings is 2. The van der Waals surface area contributed by atoms with E-state index in [1.165, 1.54) is 11.1 Å². The molecule has 0 fully saturated rings. The van der Waals surface area contributed by atoms with Crippen LogP contribution >= 0.6 is 11.3 Å². The van der Waals surface area contributed by atoms with Gasteiger partial charge in [-0.3, -0.25) is 14.7 Å². The topological polar surface area (TPSA) is 46.1 Å². The van der Waals surface area contributed by atoms with Gasteiger partial charge in [0.05, 0.1) is 16.8 Å². The fraction of sp³-hybridized carbons (Fsp3) is 0.269. The van der Waals surface area contributed by atoms with Crippen LogP contribution in [0.15, 0.2) is 67.0 Å². The minimum atomic E-state index is -0.0564. The Morgan fingerprint density at radius 3 is 2.45 bits per heavy atom. The molecule has 0 aliphatic rings. The number of fused-ring (bicyclic) bond motifs is 1. The van der Waals surface area contributed by atoms with Crippen molar-refractivity contribution in [2.45, 2.75) is 46.1 Å². The highest BCUT2D eigenvalue weighted by Gasteiger charge is 2.23. The molecule has 0 aliphatic carbocycles. The summed E-state index contributed by atoms with van der Waals surface area (Å²) in [7, 11) is 0. The molecule has 0 unspecified atom stereocenters. The zero-order valence-corrected chi connectivity index (χ0v) is 19.2. The summed E-state index contributed by atoms with van der Waals surface area (Å²) in [5, 5.41) is 0.706. The van der Waals surface area contributed by atoms with Crippen LogP contribution in [0.2, 0.25) is 0 Å². The number of thiazole rings is 1. The van der Waals surface area contributed by atoms with Crippen molar-refractivity contribution in [2.24, 2.45) is 0 Å². The van der Waals surface area contributed by atoms with Gasteiger partial charge in [0.25, 0.3) is 5.91 Å². The molecule has 31 heavy (non-hydrogen) atoms. The Hall–Kier alpha value is -3.05. The van der Waals surface area contributed by atoms with Crippen LogP contribution in [0.5, 0.6) is 0 Å². The molecule has 4 nitrogen and oxygen atoms in total. The minimum Gasteiger partial charge on any atom is -0.279 e. The van der Waals surface area contributed by atoms with E-state index < -0.39 is 0 Å². The maximum atomic E-state index is 13.6. The van der Waals surface area contributed by atoms with E-state index in [-0.39, 0.29) is 11.3 Å². The molecule has 0 N–H and O–H groups in total. The number of amides is 1. The van der Waals surface area contributed by atoms with Gasteiger partial charge in [-0.05, 0) is 58.9 Å². The van der Waals surface area contributed by atoms with Crippen LogP contribution in [0.4, 0.5) is 5.13 Å². The predicted molar refractivity (Wildman–Crippen MR) is 129 cm³/mol. The van der Waals surface area contributed by atoms with Gasteiger partial charge >= 0.3 is 0 Å². The molecule has 0 radical (unpaired) electrons. The third-order valence-electron chi connectivity index (χ3n) is 5.39. The van der Waals surface area contributed by atoms with E-state index in [2.05, 4.69) is 44.8 Å². The van der Waals surface area contributed by atoms with E-state index in [9.17, 15) is 4.79 Å². The molecule has 0 saturated carbocycles. The Kier molecular flexibility index (Phi) is 5.88. The molecule has 0 spiro atoms. The smallest absolute Gasteiger partial charge is 0.260 e. The minimum absolute atomic E-state index is 0.0426. The number of pyridine rings is 1. The normalized spacial score (nSPS) is 11.6. The summed E-state index contributed by atoms with van der Waals surface area (Å²) < 4.78 is 1.10. The van der Waals surface area contributed by atoms with Crippen LogP contribution in [-0.4, -0.2) is 15.9 Å². The van der Waals surface area contributed by atoms with Gasteiger partial charge in [-0.15, -0.1) is 0 Å². The molecule has 2 aromatic carbocycles. The molecule has 4 rings (SSSR count). The van der Waals surface area contributed by atoms with Gasteiger partial charge in [-0.1, -0.05) is 63.3 Å². The first kappa shape index (κ1) is 21.2. The van der Waals surface area contributed by atoms with Crippen LogP contribution in [0.25, 0.3) is 10.2 Å². The average molecular weight is 430 g/mol. The second-order valence-electron chi connectivity index (χ2n) is 8.73. The predicted octanol–water partition coefficient (Wildman–Crippen LogP) is 6.40. The van der Waals surface area contributed by atoms with E-state index in [0.29, 0.717) is 17.2 Å². The summed E-state index contributed by atoms with van der Waals surface area (Å²) in [6.07, 6.45) is 4.51. The van der Waals surface area contributed by atoms with Gasteiger partial charge in [0, 0.05) is 18.0 Å². The van der Waals surface area contributed by atoms with E-state index in [1.54, 1.807) is 28.6 Å². The van der Waals surface area contributed by atoms with Gasteiger partial charge in [0.1, 0.15) is 0 Å². The second-order valence-corrected chi connectivity index (χ2v) is 9.74. The summed E-state index contributed by atoms with van der Waals surface area (Å²) in [6.45, 7) is 9.08. The van der Waals surface area contributed by atoms with Crippen LogP contribution in [0, 0.1) is 0 Å². The fourth-order valence-electron chi connectivity index (χ4n) is 3.46. The number of rotatable bonds is 5. The number of carbonyl (C=O) groups excluding carboxylic acids is 1. The quantitative estimate of drug-likeness (QED) is 0.369. The first-order valence-electron chi connectivity index (χ1n) is 10.6. The Bertz CT molecular complexity index is 1190. The van der Waals surface area contributed by atoms with E-state index in [4.69, 9.17) is 4.98 Å². The molecular weight excluding hydrogens is 402 g/mol. The van der Waals surface area contributed by atoms with Crippen LogP contribution < -0.4 is 4.90 Å². The highest BCUT2D eigenvalue weighted by atomic mass is 32.1. The van der Waals surface area contributed by atoms with Crippen molar-refractivity contribution in [3.05, 3.63) is 89.2 Å². The van der Waals surface area contributed by atoms with Crippen LogP contribution in [0.3, 0.4) is 0 Å². The number of anilines is 1. The Labute approximate surface area is 187 Å². The SMILES string of the molecule is CCc1ccc2nc(N(Cc3cccnc3)C(=O)c3ccc(C(C)(C)C)cc3)sc2c1. The molecule has 2 aromatic heterocycles. The van der Waals surface area contributed by atoms with Gasteiger partial charge < -0.3 is 0 Å². The molecule has 0 saturated heterocycles. The lowest BCUT2D eigenvalue weighted by atomic mass is 9.86. The maximum absolute atomic E-state index is 13.6. The second kappa shape index (κ2) is 8.60. The number of hydrogen-bond donors (Lipinski definition) is 0. The van der Waals surface area contributed by atoms with E-state index >= 15 is 0 Å². The molecule has 0 aliphatic heterocycles. The number of aryl methyl sites for hydroxylation is 1. The van der Waals surface area contributed by atoms with Gasteiger partial charge in [-0.2, -0.15) is 0 Å². The average Bonchev–Trinajstić information content (AvgIpc) is 3.20. The molecule has 0 bridgehead atoms. The largest absolute Gasteiger partial charge is 0.279 e. The molecule has 0 atom stereocenters. The Balaban J connectivity index is 1.73. The lowest BCUT2D eigenvalue weighted by Crippen LogP contribution is -2.30. The summed E-state index contributed by atoms with van der Waals surface area (Å²) >= 11 is 1.56. The molecule has 1 amide bonds. The number of nitrogens with zero attached hydrogens (tertiary/aromatic N) is 3. The van der Waals surface area contributed by atoms with E-state index in [0.717, 1.165) is 22.2 Å². The lowest BCUT2D eigenvalue weighted by Gasteiger charge is -2.22. The molecule has 5 heteroatoms. The summed E-state index contributed by atoms with van der Waals surface area (Å²) in [5.74, 6) is -0.0564. The van der Waals surface area contributed by atoms with Gasteiger partial charge in [0.2, 0.25) is 0 Å². The number of carbonyl (C=O) groups is 1. The summed E-state index contributed by atoms with van der Waals surface area (Å²) in [6, 6.07) is 18.1. The van der Waals surface area contributed by atoms with Crippen LogP contribution in [-0.2, 0) is 18.4 Å². The number of aromatic nitrogens is 2. The van der Waals surface area contributed by atoms with Crippen LogP contribution in [0.1, 0.15) is 54.7 Å². The zero-order valence-electron chi connectivity index (χ0n) is 18.4. The van der Waals surface area contributed by atoms with Crippen molar-refractivity contribution in [3.8, 4) is 0 Å². The van der Waals surface area contributed by atoms with Crippen molar-refractivity contribution in [2.75, 3.05) is 4.90 Å². The molecule has 4 aromatic rings. The van der Waals surface area contributed by atoms with Gasteiger partial charge in [0.15, 0.2) is 5.13 Å². The molecule has 158 valence electrons. The monoisotopic (exact) mass is 429 g/mol. The number of hydrogen-bond acceptors (Lipinski definition) is 4. The highest BCUT2D eigenvalue weighted by Crippen LogP contribution is 2.32. The third kappa shape index (κ3) is 4.67. The third-order valence-corrected chi connectivity index (χ3v) is 6.43. The van der Waals surface area contributed by atoms with Crippen molar-refractivity contribution >= 4 is 32.6 Å². The van der Waals surface area contributed by atoms with E-state index in [1.807, 2.05) is 42.5 Å². The first-order chi connectivity index (χ1) is 14.8. The highest BCUT2D eigenvalue weighted by molar-refractivity contribution is 7.22. The van der Waals surface area contributed by atoms with Crippen molar-refractivity contribution < 1.29 is 4.79 Å². The Morgan fingerprint density at radius 1 is 1.03 bits per heavy atom. The van der Waals surface area contributed by atoms with Crippen molar-refractivity contribution in [1.29, 1.82) is 0 Å². The molecular formula is C26H27N3OS.